The molecule has 2 aromatic rings. The highest BCUT2D eigenvalue weighted by Crippen LogP contribution is 2.10. The molecule has 2 nitrogen and oxygen atoms in total. The SMILES string of the molecule is Cc1n(C)c2ccccc2[n+]1C.[I-]. The van der Waals surface area contributed by atoms with Crippen molar-refractivity contribution in [3.63, 3.8) is 0 Å². The first-order chi connectivity index (χ1) is 5.72. The van der Waals surface area contributed by atoms with Gasteiger partial charge in [0.15, 0.2) is 11.0 Å². The molecule has 0 bridgehead atoms. The monoisotopic (exact) mass is 288 g/mol. The fourth-order valence-corrected chi connectivity index (χ4v) is 1.61. The zero-order valence-corrected chi connectivity index (χ0v) is 10.2. The molecule has 0 aliphatic carbocycles. The lowest BCUT2D eigenvalue weighted by molar-refractivity contribution is -0.652. The zero-order valence-electron chi connectivity index (χ0n) is 8.08. The maximum absolute atomic E-state index is 2.20. The van der Waals surface area contributed by atoms with Gasteiger partial charge in [-0.05, 0) is 12.1 Å². The van der Waals surface area contributed by atoms with Crippen molar-refractivity contribution < 1.29 is 28.5 Å². The number of aromatic nitrogens is 2. The van der Waals surface area contributed by atoms with E-state index in [1.54, 1.807) is 0 Å². The van der Waals surface area contributed by atoms with Gasteiger partial charge in [-0.15, -0.1) is 0 Å². The lowest BCUT2D eigenvalue weighted by atomic mass is 10.3. The van der Waals surface area contributed by atoms with Gasteiger partial charge >= 0.3 is 0 Å². The summed E-state index contributed by atoms with van der Waals surface area (Å²) in [5.74, 6) is 1.27. The normalized spacial score (nSPS) is 10.1. The smallest absolute Gasteiger partial charge is 0.253 e. The Kier molecular flexibility index (Phi) is 2.95. The molecule has 1 aromatic carbocycles. The predicted octanol–water partition coefficient (Wildman–Crippen LogP) is -1.68. The Morgan fingerprint density at radius 2 is 1.85 bits per heavy atom. The van der Waals surface area contributed by atoms with E-state index in [0.29, 0.717) is 0 Å². The largest absolute Gasteiger partial charge is 1.00 e. The average molecular weight is 288 g/mol. The summed E-state index contributed by atoms with van der Waals surface area (Å²) in [5, 5.41) is 0. The summed E-state index contributed by atoms with van der Waals surface area (Å²) in [6, 6.07) is 8.42. The van der Waals surface area contributed by atoms with Crippen molar-refractivity contribution in [3.8, 4) is 0 Å². The number of nitrogens with zero attached hydrogens (tertiary/aromatic N) is 2. The fourth-order valence-electron chi connectivity index (χ4n) is 1.61. The van der Waals surface area contributed by atoms with Gasteiger partial charge in [0.1, 0.15) is 0 Å². The molecule has 0 N–H and O–H groups in total. The molecular weight excluding hydrogens is 275 g/mol. The lowest BCUT2D eigenvalue weighted by Crippen LogP contribution is -3.00. The Hall–Kier alpha value is -0.580. The highest BCUT2D eigenvalue weighted by molar-refractivity contribution is 5.71. The molecule has 0 atom stereocenters. The molecule has 70 valence electrons. The highest BCUT2D eigenvalue weighted by atomic mass is 127. The third kappa shape index (κ3) is 1.45. The molecule has 3 heteroatoms. The number of aryl methyl sites for hydroxylation is 2. The van der Waals surface area contributed by atoms with Crippen LogP contribution in [0.25, 0.3) is 11.0 Å². The van der Waals surface area contributed by atoms with Crippen molar-refractivity contribution in [1.82, 2.24) is 4.57 Å². The van der Waals surface area contributed by atoms with E-state index in [-0.39, 0.29) is 24.0 Å². The van der Waals surface area contributed by atoms with Gasteiger partial charge in [0.25, 0.3) is 5.82 Å². The molecule has 0 saturated heterocycles. The van der Waals surface area contributed by atoms with Gasteiger partial charge in [0, 0.05) is 6.92 Å². The van der Waals surface area contributed by atoms with Crippen LogP contribution in [0.3, 0.4) is 0 Å². The Bertz CT molecular complexity index is 393. The summed E-state index contributed by atoms with van der Waals surface area (Å²) in [7, 11) is 4.19. The van der Waals surface area contributed by atoms with Crippen molar-refractivity contribution in [1.29, 1.82) is 0 Å². The molecule has 0 unspecified atom stereocenters. The molecule has 1 aromatic heterocycles. The highest BCUT2D eigenvalue weighted by Gasteiger charge is 2.13. The van der Waals surface area contributed by atoms with Crippen molar-refractivity contribution in [2.24, 2.45) is 14.1 Å². The van der Waals surface area contributed by atoms with E-state index in [1.165, 1.54) is 16.9 Å². The summed E-state index contributed by atoms with van der Waals surface area (Å²) in [6.07, 6.45) is 0. The summed E-state index contributed by atoms with van der Waals surface area (Å²) in [5.41, 5.74) is 2.58. The lowest BCUT2D eigenvalue weighted by Gasteiger charge is -1.86. The third-order valence-electron chi connectivity index (χ3n) is 2.58. The van der Waals surface area contributed by atoms with Crippen LogP contribution in [0.5, 0.6) is 0 Å². The van der Waals surface area contributed by atoms with Crippen LogP contribution >= 0.6 is 0 Å². The van der Waals surface area contributed by atoms with Crippen LogP contribution < -0.4 is 28.5 Å². The van der Waals surface area contributed by atoms with E-state index < -0.39 is 0 Å². The Labute approximate surface area is 95.2 Å². The molecule has 0 saturated carbocycles. The van der Waals surface area contributed by atoms with E-state index in [2.05, 4.69) is 54.4 Å². The minimum absolute atomic E-state index is 0. The van der Waals surface area contributed by atoms with Crippen molar-refractivity contribution in [2.75, 3.05) is 0 Å². The van der Waals surface area contributed by atoms with Crippen LogP contribution in [0.4, 0.5) is 0 Å². The molecule has 2 rings (SSSR count). The fraction of sp³-hybridized carbons (Fsp3) is 0.300. The van der Waals surface area contributed by atoms with Crippen molar-refractivity contribution in [2.45, 2.75) is 6.92 Å². The van der Waals surface area contributed by atoms with Gasteiger partial charge in [-0.1, -0.05) is 12.1 Å². The van der Waals surface area contributed by atoms with Gasteiger partial charge < -0.3 is 24.0 Å². The number of halogens is 1. The number of fused-ring (bicyclic) bond motifs is 1. The second kappa shape index (κ2) is 3.65. The van der Waals surface area contributed by atoms with E-state index in [0.717, 1.165) is 0 Å². The van der Waals surface area contributed by atoms with E-state index in [1.807, 2.05) is 0 Å². The van der Waals surface area contributed by atoms with Gasteiger partial charge in [-0.3, -0.25) is 0 Å². The molecule has 13 heavy (non-hydrogen) atoms. The Morgan fingerprint density at radius 3 is 2.46 bits per heavy atom. The topological polar surface area (TPSA) is 8.81 Å². The van der Waals surface area contributed by atoms with E-state index in [9.17, 15) is 0 Å². The first-order valence-electron chi connectivity index (χ1n) is 4.12. The first kappa shape index (κ1) is 10.5. The van der Waals surface area contributed by atoms with Crippen LogP contribution in [0.2, 0.25) is 0 Å². The summed E-state index contributed by atoms with van der Waals surface area (Å²) in [6.45, 7) is 2.12. The number of imidazole rings is 1. The number of hydrogen-bond donors (Lipinski definition) is 0. The zero-order chi connectivity index (χ0) is 8.72. The molecule has 0 fully saturated rings. The number of hydrogen-bond acceptors (Lipinski definition) is 0. The Morgan fingerprint density at radius 1 is 1.23 bits per heavy atom. The van der Waals surface area contributed by atoms with Crippen LogP contribution in [0.1, 0.15) is 5.82 Å². The van der Waals surface area contributed by atoms with Gasteiger partial charge in [-0.2, -0.15) is 0 Å². The van der Waals surface area contributed by atoms with Crippen molar-refractivity contribution in [3.05, 3.63) is 30.1 Å². The second-order valence-corrected chi connectivity index (χ2v) is 3.15. The summed E-state index contributed by atoms with van der Waals surface area (Å²) >= 11 is 0. The molecular formula is C10H13IN2. The molecule has 0 aliphatic heterocycles. The van der Waals surface area contributed by atoms with Crippen LogP contribution in [-0.2, 0) is 14.1 Å². The van der Waals surface area contributed by atoms with Gasteiger partial charge in [-0.25, -0.2) is 9.13 Å². The minimum Gasteiger partial charge on any atom is -1.00 e. The molecule has 0 radical (unpaired) electrons. The summed E-state index contributed by atoms with van der Waals surface area (Å²) < 4.78 is 4.41. The van der Waals surface area contributed by atoms with E-state index in [4.69, 9.17) is 0 Å². The van der Waals surface area contributed by atoms with Gasteiger partial charge in [0.05, 0.1) is 14.1 Å². The first-order valence-corrected chi connectivity index (χ1v) is 4.12. The molecule has 0 amide bonds. The standard InChI is InChI=1S/C10H13N2.HI/c1-8-11(2)9-6-4-5-7-10(9)12(8)3;/h4-7H,1-3H3;1H/q+1;/p-1. The minimum atomic E-state index is 0. The number of para-hydroxylation sites is 2. The molecule has 1 heterocycles. The van der Waals surface area contributed by atoms with Crippen LogP contribution in [0.15, 0.2) is 24.3 Å². The number of rotatable bonds is 0. The van der Waals surface area contributed by atoms with Gasteiger partial charge in [0.2, 0.25) is 0 Å². The molecule has 0 aliphatic rings. The average Bonchev–Trinajstić information content (AvgIpc) is 2.33. The Balaban J connectivity index is 0.000000845. The maximum Gasteiger partial charge on any atom is 0.253 e. The quantitative estimate of drug-likeness (QED) is 0.404. The number of benzene rings is 1. The maximum atomic E-state index is 2.20. The second-order valence-electron chi connectivity index (χ2n) is 3.15. The van der Waals surface area contributed by atoms with Crippen molar-refractivity contribution >= 4 is 11.0 Å². The molecule has 0 spiro atoms. The van der Waals surface area contributed by atoms with Crippen LogP contribution in [-0.4, -0.2) is 4.57 Å². The van der Waals surface area contributed by atoms with Crippen LogP contribution in [0, 0.1) is 6.92 Å². The third-order valence-corrected chi connectivity index (χ3v) is 2.58. The van der Waals surface area contributed by atoms with E-state index >= 15 is 0 Å². The predicted molar refractivity (Wildman–Crippen MR) is 48.8 cm³/mol. The summed E-state index contributed by atoms with van der Waals surface area (Å²) in [4.78, 5) is 0.